The van der Waals surface area contributed by atoms with Crippen molar-refractivity contribution in [1.82, 2.24) is 14.9 Å². The Hall–Kier alpha value is -1.23. The van der Waals surface area contributed by atoms with Gasteiger partial charge in [-0.2, -0.15) is 0 Å². The molecule has 0 spiro atoms. The van der Waals surface area contributed by atoms with Gasteiger partial charge >= 0.3 is 0 Å². The fourth-order valence-corrected chi connectivity index (χ4v) is 2.20. The topological polar surface area (TPSA) is 41.1 Å². The van der Waals surface area contributed by atoms with Gasteiger partial charge in [-0.3, -0.25) is 0 Å². The van der Waals surface area contributed by atoms with Crippen molar-refractivity contribution in [3.8, 4) is 0 Å². The standard InChI is InChI=1S/C13H21FN4/c1-10-3-6-18(7-4-10)8-5-15-13-12(14)11(2)16-9-17-13/h9-10H,3-8H2,1-2H3,(H,15,16,17). The summed E-state index contributed by atoms with van der Waals surface area (Å²) in [4.78, 5) is 10.1. The molecule has 0 unspecified atom stereocenters. The maximum Gasteiger partial charge on any atom is 0.186 e. The molecule has 0 atom stereocenters. The van der Waals surface area contributed by atoms with Crippen LogP contribution in [0.1, 0.15) is 25.5 Å². The Bertz CT molecular complexity index is 389. The van der Waals surface area contributed by atoms with Gasteiger partial charge in [0.05, 0.1) is 5.69 Å². The molecule has 1 aliphatic heterocycles. The molecule has 0 aromatic carbocycles. The molecule has 100 valence electrons. The van der Waals surface area contributed by atoms with Crippen LogP contribution in [0.5, 0.6) is 0 Å². The first-order valence-corrected chi connectivity index (χ1v) is 6.60. The molecule has 0 bridgehead atoms. The number of aromatic nitrogens is 2. The van der Waals surface area contributed by atoms with E-state index >= 15 is 0 Å². The predicted octanol–water partition coefficient (Wildman–Crippen LogP) is 2.07. The Morgan fingerprint density at radius 2 is 2.11 bits per heavy atom. The Labute approximate surface area is 108 Å². The van der Waals surface area contributed by atoms with Crippen LogP contribution in [-0.2, 0) is 0 Å². The average Bonchev–Trinajstić information content (AvgIpc) is 2.37. The SMILES string of the molecule is Cc1ncnc(NCCN2CCC(C)CC2)c1F. The van der Waals surface area contributed by atoms with Crippen molar-refractivity contribution in [3.63, 3.8) is 0 Å². The highest BCUT2D eigenvalue weighted by Crippen LogP contribution is 2.16. The summed E-state index contributed by atoms with van der Waals surface area (Å²) >= 11 is 0. The number of likely N-dealkylation sites (tertiary alicyclic amines) is 1. The third-order valence-electron chi connectivity index (χ3n) is 3.56. The summed E-state index contributed by atoms with van der Waals surface area (Å²) in [6.45, 7) is 7.90. The molecule has 5 heteroatoms. The van der Waals surface area contributed by atoms with Crippen LogP contribution in [-0.4, -0.2) is 41.0 Å². The van der Waals surface area contributed by atoms with Gasteiger partial charge in [-0.25, -0.2) is 14.4 Å². The maximum atomic E-state index is 13.6. The van der Waals surface area contributed by atoms with Gasteiger partial charge in [-0.1, -0.05) is 6.92 Å². The predicted molar refractivity (Wildman–Crippen MR) is 70.1 cm³/mol. The van der Waals surface area contributed by atoms with E-state index in [-0.39, 0.29) is 5.82 Å². The van der Waals surface area contributed by atoms with Crippen molar-refractivity contribution < 1.29 is 4.39 Å². The van der Waals surface area contributed by atoms with Crippen molar-refractivity contribution in [1.29, 1.82) is 0 Å². The zero-order valence-electron chi connectivity index (χ0n) is 11.1. The van der Waals surface area contributed by atoms with E-state index in [4.69, 9.17) is 0 Å². The van der Waals surface area contributed by atoms with Crippen molar-refractivity contribution in [2.24, 2.45) is 5.92 Å². The second kappa shape index (κ2) is 6.09. The van der Waals surface area contributed by atoms with Gasteiger partial charge in [0, 0.05) is 13.1 Å². The summed E-state index contributed by atoms with van der Waals surface area (Å²) in [5.41, 5.74) is 0.388. The van der Waals surface area contributed by atoms with Crippen LogP contribution >= 0.6 is 0 Å². The summed E-state index contributed by atoms with van der Waals surface area (Å²) in [6.07, 6.45) is 3.92. The third kappa shape index (κ3) is 3.38. The molecule has 1 N–H and O–H groups in total. The van der Waals surface area contributed by atoms with Crippen LogP contribution in [0.4, 0.5) is 10.2 Å². The molecule has 18 heavy (non-hydrogen) atoms. The molecule has 0 radical (unpaired) electrons. The largest absolute Gasteiger partial charge is 0.366 e. The zero-order chi connectivity index (χ0) is 13.0. The molecule has 4 nitrogen and oxygen atoms in total. The summed E-state index contributed by atoms with van der Waals surface area (Å²) in [6, 6.07) is 0. The van der Waals surface area contributed by atoms with Crippen molar-refractivity contribution in [2.75, 3.05) is 31.5 Å². The minimum absolute atomic E-state index is 0.313. The third-order valence-corrected chi connectivity index (χ3v) is 3.56. The number of nitrogens with zero attached hydrogens (tertiary/aromatic N) is 3. The molecule has 1 aliphatic rings. The molecular formula is C13H21FN4. The maximum absolute atomic E-state index is 13.6. The van der Waals surface area contributed by atoms with Crippen molar-refractivity contribution in [3.05, 3.63) is 17.8 Å². The second-order valence-electron chi connectivity index (χ2n) is 5.07. The number of nitrogens with one attached hydrogen (secondary N) is 1. The van der Waals surface area contributed by atoms with E-state index in [0.29, 0.717) is 11.5 Å². The highest BCUT2D eigenvalue weighted by molar-refractivity contribution is 5.36. The van der Waals surface area contributed by atoms with Crippen LogP contribution in [0, 0.1) is 18.7 Å². The van der Waals surface area contributed by atoms with Crippen molar-refractivity contribution >= 4 is 5.82 Å². The minimum atomic E-state index is -0.343. The van der Waals surface area contributed by atoms with E-state index in [1.165, 1.54) is 19.2 Å². The molecule has 1 aromatic rings. The van der Waals surface area contributed by atoms with Crippen LogP contribution in [0.25, 0.3) is 0 Å². The van der Waals surface area contributed by atoms with Gasteiger partial charge in [0.15, 0.2) is 11.6 Å². The fraction of sp³-hybridized carbons (Fsp3) is 0.692. The van der Waals surface area contributed by atoms with Gasteiger partial charge in [-0.05, 0) is 38.8 Å². The smallest absolute Gasteiger partial charge is 0.186 e. The van der Waals surface area contributed by atoms with E-state index in [2.05, 4.69) is 27.1 Å². The summed E-state index contributed by atoms with van der Waals surface area (Å²) < 4.78 is 13.6. The Balaban J connectivity index is 1.77. The number of piperidine rings is 1. The molecule has 1 aromatic heterocycles. The Morgan fingerprint density at radius 3 is 2.83 bits per heavy atom. The number of anilines is 1. The lowest BCUT2D eigenvalue weighted by molar-refractivity contribution is 0.199. The number of aryl methyl sites for hydroxylation is 1. The number of halogens is 1. The lowest BCUT2D eigenvalue weighted by atomic mass is 9.99. The lowest BCUT2D eigenvalue weighted by Crippen LogP contribution is -2.36. The number of hydrogen-bond acceptors (Lipinski definition) is 4. The summed E-state index contributed by atoms with van der Waals surface area (Å²) in [5.74, 6) is 0.814. The van der Waals surface area contributed by atoms with Gasteiger partial charge in [0.25, 0.3) is 0 Å². The highest BCUT2D eigenvalue weighted by Gasteiger charge is 2.15. The molecule has 0 aliphatic carbocycles. The normalized spacial score (nSPS) is 17.9. The molecule has 2 rings (SSSR count). The lowest BCUT2D eigenvalue weighted by Gasteiger charge is -2.30. The van der Waals surface area contributed by atoms with E-state index in [1.54, 1.807) is 6.92 Å². The van der Waals surface area contributed by atoms with E-state index in [1.807, 2.05) is 0 Å². The van der Waals surface area contributed by atoms with Gasteiger partial charge < -0.3 is 10.2 Å². The van der Waals surface area contributed by atoms with E-state index < -0.39 is 0 Å². The Morgan fingerprint density at radius 1 is 1.39 bits per heavy atom. The van der Waals surface area contributed by atoms with Gasteiger partial charge in [0.2, 0.25) is 0 Å². The second-order valence-corrected chi connectivity index (χ2v) is 5.07. The summed E-state index contributed by atoms with van der Waals surface area (Å²) in [5, 5.41) is 3.04. The number of hydrogen-bond donors (Lipinski definition) is 1. The number of rotatable bonds is 4. The monoisotopic (exact) mass is 252 g/mol. The molecule has 1 saturated heterocycles. The first-order chi connectivity index (χ1) is 8.66. The van der Waals surface area contributed by atoms with Gasteiger partial charge in [0.1, 0.15) is 6.33 Å². The van der Waals surface area contributed by atoms with Gasteiger partial charge in [-0.15, -0.1) is 0 Å². The fourth-order valence-electron chi connectivity index (χ4n) is 2.20. The van der Waals surface area contributed by atoms with Crippen LogP contribution in [0.15, 0.2) is 6.33 Å². The zero-order valence-corrected chi connectivity index (χ0v) is 11.1. The highest BCUT2D eigenvalue weighted by atomic mass is 19.1. The first-order valence-electron chi connectivity index (χ1n) is 6.60. The molecular weight excluding hydrogens is 231 g/mol. The molecule has 0 amide bonds. The minimum Gasteiger partial charge on any atom is -0.366 e. The molecule has 0 saturated carbocycles. The van der Waals surface area contributed by atoms with E-state index in [9.17, 15) is 4.39 Å². The Kier molecular flexibility index (Phi) is 4.47. The van der Waals surface area contributed by atoms with Crippen LogP contribution in [0.2, 0.25) is 0 Å². The summed E-state index contributed by atoms with van der Waals surface area (Å²) in [7, 11) is 0. The van der Waals surface area contributed by atoms with Crippen LogP contribution < -0.4 is 5.32 Å². The average molecular weight is 252 g/mol. The molecule has 1 fully saturated rings. The quantitative estimate of drug-likeness (QED) is 0.890. The van der Waals surface area contributed by atoms with Crippen molar-refractivity contribution in [2.45, 2.75) is 26.7 Å². The first kappa shape index (κ1) is 13.2. The van der Waals surface area contributed by atoms with Crippen LogP contribution in [0.3, 0.4) is 0 Å². The molecule has 2 heterocycles. The van der Waals surface area contributed by atoms with E-state index in [0.717, 1.165) is 32.1 Å².